The molecule has 1 aliphatic heterocycles. The molecule has 0 saturated carbocycles. The van der Waals surface area contributed by atoms with E-state index < -0.39 is 0 Å². The molecule has 0 unspecified atom stereocenters. The number of nitrogens with two attached hydrogens (primary N) is 1. The van der Waals surface area contributed by atoms with Crippen LogP contribution in [0.15, 0.2) is 16.6 Å². The molecule has 1 aromatic carbocycles. The van der Waals surface area contributed by atoms with E-state index in [0.29, 0.717) is 19.0 Å². The van der Waals surface area contributed by atoms with Crippen molar-refractivity contribution in [3.63, 3.8) is 0 Å². The highest BCUT2D eigenvalue weighted by Gasteiger charge is 2.26. The van der Waals surface area contributed by atoms with Crippen LogP contribution in [0.25, 0.3) is 11.3 Å². The molecule has 1 aromatic heterocycles. The largest absolute Gasteiger partial charge is 0.486 e. The molecule has 0 fully saturated rings. The predicted octanol–water partition coefficient (Wildman–Crippen LogP) is 3.33. The van der Waals surface area contributed by atoms with Crippen molar-refractivity contribution in [2.75, 3.05) is 18.9 Å². The summed E-state index contributed by atoms with van der Waals surface area (Å²) < 4.78 is 14.2. The molecule has 0 saturated heterocycles. The fourth-order valence-corrected chi connectivity index (χ4v) is 3.11. The molecule has 6 heteroatoms. The third-order valence-electron chi connectivity index (χ3n) is 3.57. The summed E-state index contributed by atoms with van der Waals surface area (Å²) in [5.41, 5.74) is 8.88. The summed E-state index contributed by atoms with van der Waals surface area (Å²) in [6.07, 6.45) is 0. The lowest BCUT2D eigenvalue weighted by Crippen LogP contribution is -2.18. The summed E-state index contributed by atoms with van der Waals surface area (Å²) in [6, 6.07) is 3.91. The van der Waals surface area contributed by atoms with Crippen LogP contribution in [0.4, 0.5) is 5.82 Å². The second-order valence-electron chi connectivity index (χ2n) is 5.41. The van der Waals surface area contributed by atoms with Crippen molar-refractivity contribution in [2.45, 2.75) is 19.8 Å². The maximum absolute atomic E-state index is 5.91. The van der Waals surface area contributed by atoms with E-state index in [2.05, 4.69) is 34.9 Å². The Hall–Kier alpha value is -1.69. The molecule has 112 valence electrons. The number of aryl methyl sites for hydroxylation is 1. The lowest BCUT2D eigenvalue weighted by Gasteiger charge is -2.25. The molecule has 2 aromatic rings. The first kappa shape index (κ1) is 14.3. The average Bonchev–Trinajstić information content (AvgIpc) is 2.78. The van der Waals surface area contributed by atoms with E-state index in [1.807, 2.05) is 19.2 Å². The van der Waals surface area contributed by atoms with Gasteiger partial charge in [0.25, 0.3) is 0 Å². The van der Waals surface area contributed by atoms with Crippen LogP contribution in [0.5, 0.6) is 11.5 Å². The third kappa shape index (κ3) is 2.37. The number of nitrogens with zero attached hydrogens (tertiary/aromatic N) is 2. The Labute approximate surface area is 132 Å². The van der Waals surface area contributed by atoms with Crippen LogP contribution in [-0.4, -0.2) is 23.0 Å². The normalized spacial score (nSPS) is 13.8. The number of ether oxygens (including phenoxy) is 2. The molecule has 3 rings (SSSR count). The molecule has 2 heterocycles. The van der Waals surface area contributed by atoms with Gasteiger partial charge in [0.2, 0.25) is 0 Å². The molecule has 21 heavy (non-hydrogen) atoms. The van der Waals surface area contributed by atoms with Crippen LogP contribution in [0.3, 0.4) is 0 Å². The summed E-state index contributed by atoms with van der Waals surface area (Å²) in [7, 11) is 1.83. The van der Waals surface area contributed by atoms with Crippen molar-refractivity contribution in [1.29, 1.82) is 0 Å². The van der Waals surface area contributed by atoms with Gasteiger partial charge < -0.3 is 15.2 Å². The lowest BCUT2D eigenvalue weighted by molar-refractivity contribution is 0.168. The monoisotopic (exact) mass is 351 g/mol. The minimum atomic E-state index is 0.284. The molecule has 0 atom stereocenters. The van der Waals surface area contributed by atoms with Gasteiger partial charge in [0.05, 0.1) is 10.2 Å². The summed E-state index contributed by atoms with van der Waals surface area (Å²) in [5, 5.41) is 4.49. The van der Waals surface area contributed by atoms with Gasteiger partial charge in [-0.3, -0.25) is 4.68 Å². The maximum Gasteiger partial charge on any atom is 0.175 e. The van der Waals surface area contributed by atoms with Gasteiger partial charge in [-0.15, -0.1) is 0 Å². The zero-order chi connectivity index (χ0) is 15.1. The molecule has 1 aliphatic rings. The minimum absolute atomic E-state index is 0.284. The van der Waals surface area contributed by atoms with Crippen LogP contribution in [0.2, 0.25) is 0 Å². The number of aromatic nitrogens is 2. The first-order valence-corrected chi connectivity index (χ1v) is 7.70. The van der Waals surface area contributed by atoms with Crippen molar-refractivity contribution in [3.8, 4) is 22.8 Å². The van der Waals surface area contributed by atoms with Gasteiger partial charge in [0.1, 0.15) is 19.0 Å². The first-order valence-electron chi connectivity index (χ1n) is 6.91. The van der Waals surface area contributed by atoms with Gasteiger partial charge in [0.15, 0.2) is 11.5 Å². The number of hydrogen-bond donors (Lipinski definition) is 1. The molecular weight excluding hydrogens is 334 g/mol. The van der Waals surface area contributed by atoms with E-state index in [9.17, 15) is 0 Å². The van der Waals surface area contributed by atoms with Crippen LogP contribution >= 0.6 is 15.9 Å². The predicted molar refractivity (Wildman–Crippen MR) is 85.8 cm³/mol. The second-order valence-corrected chi connectivity index (χ2v) is 6.26. The van der Waals surface area contributed by atoms with Crippen LogP contribution in [-0.2, 0) is 7.05 Å². The highest BCUT2D eigenvalue weighted by Crippen LogP contribution is 2.47. The first-order chi connectivity index (χ1) is 9.99. The lowest BCUT2D eigenvalue weighted by atomic mass is 9.93. The smallest absolute Gasteiger partial charge is 0.175 e. The molecular formula is C15H18BrN3O2. The van der Waals surface area contributed by atoms with Crippen molar-refractivity contribution in [3.05, 3.63) is 22.2 Å². The summed E-state index contributed by atoms with van der Waals surface area (Å²) in [4.78, 5) is 0. The Balaban J connectivity index is 2.26. The zero-order valence-corrected chi connectivity index (χ0v) is 13.9. The Bertz CT molecular complexity index is 675. The van der Waals surface area contributed by atoms with Crippen molar-refractivity contribution >= 4 is 21.7 Å². The van der Waals surface area contributed by atoms with Crippen LogP contribution < -0.4 is 15.2 Å². The quantitative estimate of drug-likeness (QED) is 0.901. The van der Waals surface area contributed by atoms with E-state index >= 15 is 0 Å². The summed E-state index contributed by atoms with van der Waals surface area (Å²) in [6.45, 7) is 5.40. The van der Waals surface area contributed by atoms with E-state index in [1.165, 1.54) is 0 Å². The van der Waals surface area contributed by atoms with Crippen molar-refractivity contribution < 1.29 is 9.47 Å². The number of benzene rings is 1. The number of fused-ring (bicyclic) bond motifs is 1. The summed E-state index contributed by atoms with van der Waals surface area (Å²) >= 11 is 3.57. The number of anilines is 1. The third-order valence-corrected chi connectivity index (χ3v) is 4.16. The minimum Gasteiger partial charge on any atom is -0.486 e. The molecule has 0 amide bonds. The van der Waals surface area contributed by atoms with E-state index in [4.69, 9.17) is 15.2 Å². The zero-order valence-electron chi connectivity index (χ0n) is 12.3. The fraction of sp³-hybridized carbons (Fsp3) is 0.400. The molecule has 2 N–H and O–H groups in total. The van der Waals surface area contributed by atoms with Crippen LogP contribution in [0, 0.1) is 0 Å². The van der Waals surface area contributed by atoms with Gasteiger partial charge in [-0.1, -0.05) is 13.8 Å². The highest BCUT2D eigenvalue weighted by atomic mass is 79.9. The number of hydrogen-bond acceptors (Lipinski definition) is 4. The molecule has 5 nitrogen and oxygen atoms in total. The van der Waals surface area contributed by atoms with Gasteiger partial charge in [0, 0.05) is 24.2 Å². The molecule has 0 bridgehead atoms. The van der Waals surface area contributed by atoms with Crippen molar-refractivity contribution in [2.24, 2.45) is 7.05 Å². The standard InChI is InChI=1S/C15H18BrN3O2/c1-8(2)13-9(11-7-12(17)19(3)18-11)6-10(16)14-15(13)21-5-4-20-14/h6-8H,4-5,17H2,1-3H3. The van der Waals surface area contributed by atoms with Crippen LogP contribution in [0.1, 0.15) is 25.3 Å². The topological polar surface area (TPSA) is 62.3 Å². The number of nitrogen functional groups attached to an aromatic ring is 1. The molecule has 0 aliphatic carbocycles. The van der Waals surface area contributed by atoms with Crippen molar-refractivity contribution in [1.82, 2.24) is 9.78 Å². The number of halogens is 1. The Kier molecular flexibility index (Phi) is 3.57. The number of rotatable bonds is 2. The highest BCUT2D eigenvalue weighted by molar-refractivity contribution is 9.10. The second kappa shape index (κ2) is 5.26. The maximum atomic E-state index is 5.91. The van der Waals surface area contributed by atoms with E-state index in [-0.39, 0.29) is 5.92 Å². The summed E-state index contributed by atoms with van der Waals surface area (Å²) in [5.74, 6) is 2.50. The Morgan fingerprint density at radius 2 is 1.90 bits per heavy atom. The Morgan fingerprint density at radius 1 is 1.24 bits per heavy atom. The Morgan fingerprint density at radius 3 is 2.48 bits per heavy atom. The van der Waals surface area contributed by atoms with E-state index in [1.54, 1.807) is 4.68 Å². The van der Waals surface area contributed by atoms with Gasteiger partial charge in [-0.05, 0) is 27.9 Å². The van der Waals surface area contributed by atoms with E-state index in [0.717, 1.165) is 32.8 Å². The SMILES string of the molecule is CC(C)c1c(-c2cc(N)n(C)n2)cc(Br)c2c1OCCO2. The fourth-order valence-electron chi connectivity index (χ4n) is 2.59. The van der Waals surface area contributed by atoms with Gasteiger partial charge in [-0.2, -0.15) is 5.10 Å². The molecule has 0 spiro atoms. The molecule has 0 radical (unpaired) electrons. The average molecular weight is 352 g/mol. The van der Waals surface area contributed by atoms with Gasteiger partial charge >= 0.3 is 0 Å². The van der Waals surface area contributed by atoms with Gasteiger partial charge in [-0.25, -0.2) is 0 Å².